The van der Waals surface area contributed by atoms with Crippen LogP contribution in [0, 0.1) is 0 Å². The smallest absolute Gasteiger partial charge is 0.299 e. The molecule has 4 aromatic heterocycles. The van der Waals surface area contributed by atoms with E-state index in [1.54, 1.807) is 24.0 Å². The summed E-state index contributed by atoms with van der Waals surface area (Å²) < 4.78 is 20.7. The summed E-state index contributed by atoms with van der Waals surface area (Å²) in [5.74, 6) is 0.597. The fourth-order valence-corrected chi connectivity index (χ4v) is 4.92. The van der Waals surface area contributed by atoms with Crippen molar-refractivity contribution in [1.29, 1.82) is 0 Å². The lowest BCUT2D eigenvalue weighted by molar-refractivity contribution is -0.563. The van der Waals surface area contributed by atoms with E-state index in [9.17, 15) is 4.79 Å². The van der Waals surface area contributed by atoms with Gasteiger partial charge in [-0.3, -0.25) is 9.89 Å². The number of carbonyl (C=O) groups is 1. The molecule has 36 heavy (non-hydrogen) atoms. The first kappa shape index (κ1) is 22.9. The van der Waals surface area contributed by atoms with Crippen LogP contribution in [0.15, 0.2) is 36.8 Å². The van der Waals surface area contributed by atoms with Gasteiger partial charge in [0, 0.05) is 44.1 Å². The number of anilines is 1. The standard InChI is InChI=1S/C25H29N7O4/c1-26-22-10-20(29-24-17(11-28-32(22)24)25(33)30-19-5-6-21(19)34-2)18-12-31(14-36-15-7-9-35-13-15)23-16(18)4-3-8-27-23/h3-4,8,10-12,15,19,21H,5-7,9,13-14H2,1-2H3,(H2,26,28,29,30,33)/p+1/t15-,19?,21-/m1/s1. The van der Waals surface area contributed by atoms with Crippen LogP contribution >= 0.6 is 0 Å². The summed E-state index contributed by atoms with van der Waals surface area (Å²) in [5, 5.41) is 10.4. The van der Waals surface area contributed by atoms with Gasteiger partial charge in [-0.2, -0.15) is 0 Å². The number of amides is 1. The van der Waals surface area contributed by atoms with Crippen molar-refractivity contribution in [3.63, 3.8) is 0 Å². The minimum Gasteiger partial charge on any atom is -0.379 e. The quantitative estimate of drug-likeness (QED) is 0.321. The fraction of sp³-hybridized carbons (Fsp3) is 0.440. The largest absolute Gasteiger partial charge is 0.379 e. The second-order valence-electron chi connectivity index (χ2n) is 9.22. The van der Waals surface area contributed by atoms with Gasteiger partial charge < -0.3 is 29.4 Å². The number of hydrogen-bond donors (Lipinski definition) is 3. The molecule has 11 heteroatoms. The Bertz CT molecular complexity index is 1410. The first-order chi connectivity index (χ1) is 17.7. The Morgan fingerprint density at radius 3 is 3.03 bits per heavy atom. The number of aromatic nitrogens is 5. The summed E-state index contributed by atoms with van der Waals surface area (Å²) in [6.45, 7) is 1.72. The molecule has 0 bridgehead atoms. The van der Waals surface area contributed by atoms with Gasteiger partial charge in [0.2, 0.25) is 5.82 Å². The highest BCUT2D eigenvalue weighted by Gasteiger charge is 2.34. The molecule has 188 valence electrons. The lowest BCUT2D eigenvalue weighted by Crippen LogP contribution is -2.51. The molecule has 1 aliphatic carbocycles. The molecule has 0 radical (unpaired) electrons. The molecule has 2 fully saturated rings. The lowest BCUT2D eigenvalue weighted by Gasteiger charge is -2.35. The molecule has 2 aliphatic rings. The molecule has 5 heterocycles. The number of rotatable bonds is 8. The Labute approximate surface area is 207 Å². The van der Waals surface area contributed by atoms with Crippen molar-refractivity contribution in [2.75, 3.05) is 32.7 Å². The number of nitrogens with one attached hydrogen (secondary N) is 3. The number of fused-ring (bicyclic) bond motifs is 2. The van der Waals surface area contributed by atoms with Gasteiger partial charge in [-0.15, -0.1) is 4.52 Å². The number of aromatic amines is 1. The fourth-order valence-electron chi connectivity index (χ4n) is 4.92. The maximum absolute atomic E-state index is 13.2. The maximum atomic E-state index is 13.2. The first-order valence-corrected chi connectivity index (χ1v) is 12.3. The topological polar surface area (TPSA) is 119 Å². The van der Waals surface area contributed by atoms with Gasteiger partial charge in [0.1, 0.15) is 17.9 Å². The third-order valence-electron chi connectivity index (χ3n) is 7.11. The molecule has 1 saturated carbocycles. The van der Waals surface area contributed by atoms with Crippen LogP contribution in [0.5, 0.6) is 0 Å². The zero-order valence-electron chi connectivity index (χ0n) is 20.4. The number of pyridine rings is 1. The van der Waals surface area contributed by atoms with E-state index >= 15 is 0 Å². The summed E-state index contributed by atoms with van der Waals surface area (Å²) in [4.78, 5) is 22.7. The van der Waals surface area contributed by atoms with E-state index in [0.717, 1.165) is 54.0 Å². The average Bonchev–Trinajstić information content (AvgIpc) is 3.63. The van der Waals surface area contributed by atoms with Crippen LogP contribution in [-0.4, -0.2) is 71.2 Å². The Balaban J connectivity index is 1.38. The lowest BCUT2D eigenvalue weighted by atomic mass is 9.89. The molecular weight excluding hydrogens is 462 g/mol. The molecule has 3 N–H and O–H groups in total. The van der Waals surface area contributed by atoms with Crippen LogP contribution in [0.2, 0.25) is 0 Å². The van der Waals surface area contributed by atoms with Crippen LogP contribution in [0.4, 0.5) is 5.82 Å². The summed E-state index contributed by atoms with van der Waals surface area (Å²) >= 11 is 0. The van der Waals surface area contributed by atoms with Gasteiger partial charge in [0.15, 0.2) is 5.69 Å². The second-order valence-corrected chi connectivity index (χ2v) is 9.22. The summed E-state index contributed by atoms with van der Waals surface area (Å²) in [5.41, 5.74) is 3.46. The van der Waals surface area contributed by atoms with Crippen molar-refractivity contribution in [2.45, 2.75) is 44.2 Å². The summed E-state index contributed by atoms with van der Waals surface area (Å²) in [6, 6.07) is 5.90. The third-order valence-corrected chi connectivity index (χ3v) is 7.11. The monoisotopic (exact) mass is 492 g/mol. The minimum absolute atomic E-state index is 0.0127. The van der Waals surface area contributed by atoms with Gasteiger partial charge in [0.25, 0.3) is 11.6 Å². The van der Waals surface area contributed by atoms with Crippen LogP contribution in [0.25, 0.3) is 27.9 Å². The Morgan fingerprint density at radius 2 is 2.28 bits per heavy atom. The molecule has 1 saturated heterocycles. The molecule has 0 aromatic carbocycles. The van der Waals surface area contributed by atoms with E-state index in [4.69, 9.17) is 19.2 Å². The van der Waals surface area contributed by atoms with E-state index in [1.807, 2.05) is 36.0 Å². The van der Waals surface area contributed by atoms with Gasteiger partial charge >= 0.3 is 0 Å². The van der Waals surface area contributed by atoms with E-state index in [-0.39, 0.29) is 24.2 Å². The third kappa shape index (κ3) is 3.98. The van der Waals surface area contributed by atoms with Crippen molar-refractivity contribution in [3.05, 3.63) is 42.4 Å². The average molecular weight is 493 g/mol. The van der Waals surface area contributed by atoms with Crippen LogP contribution < -0.4 is 15.1 Å². The van der Waals surface area contributed by atoms with Crippen LogP contribution in [-0.2, 0) is 20.9 Å². The van der Waals surface area contributed by atoms with Gasteiger partial charge in [-0.25, -0.2) is 4.98 Å². The van der Waals surface area contributed by atoms with Crippen molar-refractivity contribution >= 4 is 28.4 Å². The predicted molar refractivity (Wildman–Crippen MR) is 132 cm³/mol. The number of H-pyrrole nitrogens is 1. The van der Waals surface area contributed by atoms with E-state index in [0.29, 0.717) is 24.5 Å². The highest BCUT2D eigenvalue weighted by molar-refractivity contribution is 6.00. The zero-order valence-corrected chi connectivity index (χ0v) is 20.4. The minimum atomic E-state index is -0.177. The molecule has 11 nitrogen and oxygen atoms in total. The maximum Gasteiger partial charge on any atom is 0.299 e. The molecule has 1 amide bonds. The number of methoxy groups -OCH3 is 1. The van der Waals surface area contributed by atoms with Gasteiger partial charge in [-0.05, 0) is 31.4 Å². The normalized spacial score (nSPS) is 21.7. The second kappa shape index (κ2) is 9.49. The first-order valence-electron chi connectivity index (χ1n) is 12.3. The molecule has 1 unspecified atom stereocenters. The van der Waals surface area contributed by atoms with Crippen molar-refractivity contribution in [3.8, 4) is 11.3 Å². The SMILES string of the molecule is CNc1cc(-c2cn(CO[C@@H]3CCOC3)c3ncccc23)nc2c(C(=O)NC3CC[C@H]3OC)c[nH][n+]12. The van der Waals surface area contributed by atoms with Crippen molar-refractivity contribution < 1.29 is 23.5 Å². The predicted octanol–water partition coefficient (Wildman–Crippen LogP) is 1.88. The summed E-state index contributed by atoms with van der Waals surface area (Å²) in [7, 11) is 3.52. The molecular formula is C25H30N7O4+. The van der Waals surface area contributed by atoms with Crippen molar-refractivity contribution in [1.82, 2.24) is 25.0 Å². The molecule has 3 atom stereocenters. The number of carbonyl (C=O) groups excluding carboxylic acids is 1. The van der Waals surface area contributed by atoms with E-state index < -0.39 is 0 Å². The highest BCUT2D eigenvalue weighted by Crippen LogP contribution is 2.30. The Kier molecular flexibility index (Phi) is 6.04. The molecule has 1 aliphatic heterocycles. The van der Waals surface area contributed by atoms with Gasteiger partial charge in [-0.1, -0.05) is 4.98 Å². The van der Waals surface area contributed by atoms with E-state index in [1.165, 1.54) is 0 Å². The number of nitrogens with zero attached hydrogens (tertiary/aromatic N) is 4. The zero-order chi connectivity index (χ0) is 24.6. The molecule has 4 aromatic rings. The Morgan fingerprint density at radius 1 is 1.36 bits per heavy atom. The molecule has 6 rings (SSSR count). The van der Waals surface area contributed by atoms with Crippen molar-refractivity contribution in [2.24, 2.45) is 0 Å². The number of ether oxygens (including phenoxy) is 3. The number of hydrogen-bond acceptors (Lipinski definition) is 7. The molecule has 0 spiro atoms. The van der Waals surface area contributed by atoms with E-state index in [2.05, 4.69) is 20.7 Å². The van der Waals surface area contributed by atoms with Gasteiger partial charge in [0.05, 0.1) is 37.1 Å². The highest BCUT2D eigenvalue weighted by atomic mass is 16.5. The van der Waals surface area contributed by atoms with Crippen LogP contribution in [0.1, 0.15) is 29.6 Å². The van der Waals surface area contributed by atoms with Crippen LogP contribution in [0.3, 0.4) is 0 Å². The summed E-state index contributed by atoms with van der Waals surface area (Å²) in [6.07, 6.45) is 8.36. The Hall–Kier alpha value is -3.54.